The van der Waals surface area contributed by atoms with Crippen molar-refractivity contribution in [1.82, 2.24) is 24.8 Å². The van der Waals surface area contributed by atoms with Gasteiger partial charge < -0.3 is 9.88 Å². The zero-order valence-electron chi connectivity index (χ0n) is 16.2. The van der Waals surface area contributed by atoms with Gasteiger partial charge in [-0.05, 0) is 30.2 Å². The van der Waals surface area contributed by atoms with E-state index in [-0.39, 0.29) is 18.8 Å². The Kier molecular flexibility index (Phi) is 5.10. The fraction of sp³-hybridized carbons (Fsp3) is 0.350. The molecule has 2 aromatic heterocycles. The quantitative estimate of drug-likeness (QED) is 0.683. The van der Waals surface area contributed by atoms with Crippen molar-refractivity contribution >= 4 is 17.1 Å². The average molecular weight is 419 g/mol. The Morgan fingerprint density at radius 3 is 2.57 bits per heavy atom. The first kappa shape index (κ1) is 20.1. The molecule has 3 heterocycles. The molecule has 1 aromatic carbocycles. The maximum absolute atomic E-state index is 12.6. The van der Waals surface area contributed by atoms with Crippen LogP contribution >= 0.6 is 0 Å². The molecular formula is C20H20F3N5O2. The number of aromatic amines is 2. The molecule has 0 unspecified atom stereocenters. The standard InChI is InChI=1S/C20H20F3N5O2/c1-12-9-15(24-17-16(12)25-19(30)26-17)14-4-2-3-13(10-14)11-27-5-7-28(8-6-27)18(29)20(21,22)23/h2-4,9-10H,5-8,11H2,1H3,(H2,24,25,26,30). The number of piperazine rings is 1. The predicted octanol–water partition coefficient (Wildman–Crippen LogP) is 2.43. The number of imidazole rings is 1. The number of aromatic nitrogens is 3. The van der Waals surface area contributed by atoms with Gasteiger partial charge in [0.25, 0.3) is 0 Å². The number of carbonyl (C=O) groups excluding carboxylic acids is 1. The summed E-state index contributed by atoms with van der Waals surface area (Å²) >= 11 is 0. The molecule has 10 heteroatoms. The van der Waals surface area contributed by atoms with Gasteiger partial charge in [0.1, 0.15) is 0 Å². The molecule has 0 radical (unpaired) electrons. The van der Waals surface area contributed by atoms with Crippen LogP contribution in [0.3, 0.4) is 0 Å². The molecule has 0 saturated carbocycles. The number of H-pyrrole nitrogens is 2. The normalized spacial score (nSPS) is 15.7. The van der Waals surface area contributed by atoms with E-state index in [0.717, 1.165) is 27.3 Å². The molecule has 1 fully saturated rings. The minimum atomic E-state index is -4.83. The van der Waals surface area contributed by atoms with Gasteiger partial charge in [-0.25, -0.2) is 9.78 Å². The number of aryl methyl sites for hydroxylation is 1. The second-order valence-electron chi connectivity index (χ2n) is 7.39. The molecule has 7 nitrogen and oxygen atoms in total. The Balaban J connectivity index is 1.47. The third-order valence-corrected chi connectivity index (χ3v) is 5.22. The first-order valence-electron chi connectivity index (χ1n) is 9.48. The van der Waals surface area contributed by atoms with Crippen LogP contribution in [-0.2, 0) is 11.3 Å². The monoisotopic (exact) mass is 419 g/mol. The Morgan fingerprint density at radius 1 is 1.13 bits per heavy atom. The van der Waals surface area contributed by atoms with Crippen molar-refractivity contribution in [3.8, 4) is 11.3 Å². The van der Waals surface area contributed by atoms with Gasteiger partial charge in [-0.15, -0.1) is 0 Å². The first-order valence-corrected chi connectivity index (χ1v) is 9.48. The van der Waals surface area contributed by atoms with Crippen LogP contribution in [-0.4, -0.2) is 63.0 Å². The molecule has 0 spiro atoms. The van der Waals surface area contributed by atoms with E-state index in [1.165, 1.54) is 0 Å². The molecule has 2 N–H and O–H groups in total. The SMILES string of the molecule is Cc1cc(-c2cccc(CN3CCN(C(=O)C(F)(F)F)CC3)c2)nc2[nH]c(=O)[nH]c12. The largest absolute Gasteiger partial charge is 0.471 e. The number of amides is 1. The second kappa shape index (κ2) is 7.60. The number of rotatable bonds is 3. The molecule has 1 aliphatic rings. The minimum absolute atomic E-state index is 0.0519. The summed E-state index contributed by atoms with van der Waals surface area (Å²) in [5.41, 5.74) is 4.34. The number of nitrogens with zero attached hydrogens (tertiary/aromatic N) is 3. The number of hydrogen-bond donors (Lipinski definition) is 2. The molecule has 4 rings (SSSR count). The topological polar surface area (TPSA) is 85.1 Å². The van der Waals surface area contributed by atoms with E-state index in [0.29, 0.717) is 30.8 Å². The minimum Gasteiger partial charge on any atom is -0.332 e. The maximum Gasteiger partial charge on any atom is 0.471 e. The third kappa shape index (κ3) is 4.09. The summed E-state index contributed by atoms with van der Waals surface area (Å²) in [5.74, 6) is -1.77. The van der Waals surface area contributed by atoms with Crippen molar-refractivity contribution in [3.63, 3.8) is 0 Å². The summed E-state index contributed by atoms with van der Waals surface area (Å²) in [5, 5.41) is 0. The Hall–Kier alpha value is -3.14. The summed E-state index contributed by atoms with van der Waals surface area (Å²) < 4.78 is 37.7. The van der Waals surface area contributed by atoms with Crippen LogP contribution in [0.1, 0.15) is 11.1 Å². The highest BCUT2D eigenvalue weighted by Crippen LogP contribution is 2.24. The van der Waals surface area contributed by atoms with Crippen LogP contribution < -0.4 is 5.69 Å². The fourth-order valence-corrected chi connectivity index (χ4v) is 3.70. The van der Waals surface area contributed by atoms with Crippen LogP contribution in [0.15, 0.2) is 35.1 Å². The van der Waals surface area contributed by atoms with E-state index in [4.69, 9.17) is 0 Å². The predicted molar refractivity (Wildman–Crippen MR) is 105 cm³/mol. The van der Waals surface area contributed by atoms with Crippen LogP contribution in [0.25, 0.3) is 22.4 Å². The van der Waals surface area contributed by atoms with Gasteiger partial charge in [0.15, 0.2) is 5.65 Å². The van der Waals surface area contributed by atoms with Crippen molar-refractivity contribution in [3.05, 3.63) is 51.9 Å². The van der Waals surface area contributed by atoms with E-state index in [9.17, 15) is 22.8 Å². The Morgan fingerprint density at radius 2 is 1.87 bits per heavy atom. The van der Waals surface area contributed by atoms with E-state index >= 15 is 0 Å². The fourth-order valence-electron chi connectivity index (χ4n) is 3.70. The zero-order valence-corrected chi connectivity index (χ0v) is 16.2. The lowest BCUT2D eigenvalue weighted by Gasteiger charge is -2.35. The van der Waals surface area contributed by atoms with Crippen LogP contribution in [0.2, 0.25) is 0 Å². The average Bonchev–Trinajstić information content (AvgIpc) is 3.08. The molecule has 1 saturated heterocycles. The van der Waals surface area contributed by atoms with E-state index < -0.39 is 12.1 Å². The third-order valence-electron chi connectivity index (χ3n) is 5.22. The lowest BCUT2D eigenvalue weighted by atomic mass is 10.1. The highest BCUT2D eigenvalue weighted by Gasteiger charge is 2.43. The molecule has 3 aromatic rings. The van der Waals surface area contributed by atoms with E-state index in [1.54, 1.807) is 0 Å². The maximum atomic E-state index is 12.6. The van der Waals surface area contributed by atoms with Gasteiger partial charge >= 0.3 is 17.8 Å². The highest BCUT2D eigenvalue weighted by atomic mass is 19.4. The van der Waals surface area contributed by atoms with Gasteiger partial charge in [-0.3, -0.25) is 14.7 Å². The van der Waals surface area contributed by atoms with Crippen LogP contribution in [0.4, 0.5) is 13.2 Å². The molecule has 0 bridgehead atoms. The second-order valence-corrected chi connectivity index (χ2v) is 7.39. The van der Waals surface area contributed by atoms with Crippen molar-refractivity contribution in [2.24, 2.45) is 0 Å². The number of hydrogen-bond acceptors (Lipinski definition) is 4. The van der Waals surface area contributed by atoms with Gasteiger partial charge in [-0.2, -0.15) is 13.2 Å². The van der Waals surface area contributed by atoms with E-state index in [1.807, 2.05) is 42.2 Å². The lowest BCUT2D eigenvalue weighted by Crippen LogP contribution is -2.52. The molecule has 0 atom stereocenters. The van der Waals surface area contributed by atoms with Gasteiger partial charge in [0.05, 0.1) is 11.2 Å². The zero-order chi connectivity index (χ0) is 21.5. The first-order chi connectivity index (χ1) is 14.2. The Labute approximate surface area is 169 Å². The molecule has 0 aliphatic carbocycles. The number of nitrogens with one attached hydrogen (secondary N) is 2. The van der Waals surface area contributed by atoms with Gasteiger partial charge in [-0.1, -0.05) is 18.2 Å². The number of benzene rings is 1. The summed E-state index contributed by atoms with van der Waals surface area (Å²) in [4.78, 5) is 35.7. The number of alkyl halides is 3. The summed E-state index contributed by atoms with van der Waals surface area (Å²) in [6, 6.07) is 9.63. The van der Waals surface area contributed by atoms with Crippen LogP contribution in [0.5, 0.6) is 0 Å². The summed E-state index contributed by atoms with van der Waals surface area (Å²) in [6.45, 7) is 3.31. The molecule has 30 heavy (non-hydrogen) atoms. The highest BCUT2D eigenvalue weighted by molar-refractivity contribution is 5.82. The number of pyridine rings is 1. The van der Waals surface area contributed by atoms with Crippen molar-refractivity contribution in [2.45, 2.75) is 19.6 Å². The number of carbonyl (C=O) groups is 1. The summed E-state index contributed by atoms with van der Waals surface area (Å²) in [7, 11) is 0. The van der Waals surface area contributed by atoms with Crippen molar-refractivity contribution in [2.75, 3.05) is 26.2 Å². The molecule has 1 aliphatic heterocycles. The molecule has 1 amide bonds. The number of fused-ring (bicyclic) bond motifs is 1. The van der Waals surface area contributed by atoms with Crippen molar-refractivity contribution < 1.29 is 18.0 Å². The van der Waals surface area contributed by atoms with Crippen molar-refractivity contribution in [1.29, 1.82) is 0 Å². The number of halogens is 3. The van der Waals surface area contributed by atoms with E-state index in [2.05, 4.69) is 15.0 Å². The molecule has 158 valence electrons. The Bertz CT molecular complexity index is 1140. The van der Waals surface area contributed by atoms with Gasteiger partial charge in [0.2, 0.25) is 0 Å². The van der Waals surface area contributed by atoms with Gasteiger partial charge in [0, 0.05) is 38.3 Å². The smallest absolute Gasteiger partial charge is 0.332 e. The lowest BCUT2D eigenvalue weighted by molar-refractivity contribution is -0.187. The summed E-state index contributed by atoms with van der Waals surface area (Å²) in [6.07, 6.45) is -4.83. The molecular weight excluding hydrogens is 399 g/mol. The van der Waals surface area contributed by atoms with Crippen LogP contribution in [0, 0.1) is 6.92 Å².